The first-order chi connectivity index (χ1) is 8.29. The standard InChI is InChI=1S/C4H6O2.C4H10.2CH3NOS/c1-2-3-6-4-5;1-3-4-2;2*2-1(3)4/h2,4H,1,3H2;3-4H2,1-2H3;2*(H3,2,3,4). The second kappa shape index (κ2) is 29.6. The summed E-state index contributed by atoms with van der Waals surface area (Å²) in [5, 5.41) is 14.1. The van der Waals surface area contributed by atoms with Gasteiger partial charge in [0, 0.05) is 0 Å². The van der Waals surface area contributed by atoms with E-state index >= 15 is 0 Å². The summed E-state index contributed by atoms with van der Waals surface area (Å²) in [5.41, 5.74) is 8.80. The number of unbranched alkanes of at least 4 members (excludes halogenated alkanes) is 1. The van der Waals surface area contributed by atoms with Crippen LogP contribution in [0.2, 0.25) is 0 Å². The Morgan fingerprint density at radius 3 is 1.56 bits per heavy atom. The first-order valence-corrected chi connectivity index (χ1v) is 5.74. The summed E-state index contributed by atoms with van der Waals surface area (Å²) in [6.45, 7) is 8.38. The third-order valence-corrected chi connectivity index (χ3v) is 0.782. The van der Waals surface area contributed by atoms with Gasteiger partial charge in [-0.1, -0.05) is 39.3 Å². The fourth-order valence-corrected chi connectivity index (χ4v) is 0.107. The van der Waals surface area contributed by atoms with Gasteiger partial charge in [-0.3, -0.25) is 4.79 Å². The molecule has 0 saturated heterocycles. The fraction of sp³-hybridized carbons (Fsp3) is 0.500. The van der Waals surface area contributed by atoms with E-state index in [1.165, 1.54) is 18.9 Å². The molecule has 0 saturated carbocycles. The minimum absolute atomic E-state index is 0.309. The third-order valence-electron chi connectivity index (χ3n) is 0.782. The zero-order valence-corrected chi connectivity index (χ0v) is 12.3. The van der Waals surface area contributed by atoms with E-state index in [-0.39, 0.29) is 0 Å². The monoisotopic (exact) mass is 298 g/mol. The number of thiocarbonyl (C=S) groups is 2. The van der Waals surface area contributed by atoms with Crippen LogP contribution in [0.3, 0.4) is 0 Å². The maximum atomic E-state index is 9.29. The molecule has 0 atom stereocenters. The van der Waals surface area contributed by atoms with Crippen molar-refractivity contribution in [2.45, 2.75) is 26.7 Å². The molecule has 0 fully saturated rings. The second-order valence-electron chi connectivity index (χ2n) is 2.39. The Bertz CT molecular complexity index is 184. The smallest absolute Gasteiger partial charge is 0.293 e. The van der Waals surface area contributed by atoms with Crippen LogP contribution in [0.25, 0.3) is 0 Å². The van der Waals surface area contributed by atoms with Crippen molar-refractivity contribution in [1.29, 1.82) is 0 Å². The maximum absolute atomic E-state index is 9.29. The van der Waals surface area contributed by atoms with Crippen molar-refractivity contribution in [2.24, 2.45) is 11.5 Å². The van der Waals surface area contributed by atoms with E-state index in [0.717, 1.165) is 0 Å². The van der Waals surface area contributed by atoms with Gasteiger partial charge in [-0.05, 0) is 24.4 Å². The van der Waals surface area contributed by atoms with Crippen LogP contribution in [0.15, 0.2) is 12.7 Å². The molecule has 0 spiro atoms. The van der Waals surface area contributed by atoms with Crippen LogP contribution in [0.5, 0.6) is 0 Å². The van der Waals surface area contributed by atoms with Gasteiger partial charge in [0.25, 0.3) is 16.8 Å². The lowest BCUT2D eigenvalue weighted by atomic mass is 10.4. The third kappa shape index (κ3) is 402. The van der Waals surface area contributed by atoms with Crippen LogP contribution in [-0.4, -0.2) is 33.6 Å². The van der Waals surface area contributed by atoms with Gasteiger partial charge in [-0.15, -0.1) is 0 Å². The fourth-order valence-electron chi connectivity index (χ4n) is 0.107. The zero-order valence-electron chi connectivity index (χ0n) is 10.7. The molecule has 0 unspecified atom stereocenters. The van der Waals surface area contributed by atoms with Crippen LogP contribution in [0.4, 0.5) is 0 Å². The molecule has 6 N–H and O–H groups in total. The number of nitrogens with two attached hydrogens (primary N) is 2. The second-order valence-corrected chi connectivity index (χ2v) is 3.23. The highest BCUT2D eigenvalue weighted by Crippen LogP contribution is 1.76. The van der Waals surface area contributed by atoms with E-state index in [1.807, 2.05) is 0 Å². The Labute approximate surface area is 119 Å². The molecular formula is C10H22N2O4S2. The summed E-state index contributed by atoms with van der Waals surface area (Å²) in [6.07, 6.45) is 4.15. The van der Waals surface area contributed by atoms with Crippen LogP contribution in [0, 0.1) is 0 Å². The summed E-state index contributed by atoms with van der Waals surface area (Å²) in [4.78, 5) is 9.29. The number of hydrogen-bond donors (Lipinski definition) is 4. The van der Waals surface area contributed by atoms with Gasteiger partial charge in [-0.25, -0.2) is 0 Å². The average molecular weight is 298 g/mol. The molecule has 0 aromatic carbocycles. The Morgan fingerprint density at radius 1 is 1.22 bits per heavy atom. The van der Waals surface area contributed by atoms with E-state index in [1.54, 1.807) is 0 Å². The normalized spacial score (nSPS) is 6.56. The van der Waals surface area contributed by atoms with Crippen molar-refractivity contribution in [3.8, 4) is 0 Å². The molecule has 0 amide bonds. The van der Waals surface area contributed by atoms with Crippen LogP contribution >= 0.6 is 24.4 Å². The van der Waals surface area contributed by atoms with E-state index in [4.69, 9.17) is 10.2 Å². The van der Waals surface area contributed by atoms with Crippen molar-refractivity contribution in [3.63, 3.8) is 0 Å². The molecule has 108 valence electrons. The predicted molar refractivity (Wildman–Crippen MR) is 81.6 cm³/mol. The number of carbonyl (C=O) groups excluding carboxylic acids is 1. The van der Waals surface area contributed by atoms with Crippen molar-refractivity contribution in [1.82, 2.24) is 0 Å². The van der Waals surface area contributed by atoms with Crippen molar-refractivity contribution in [3.05, 3.63) is 12.7 Å². The van der Waals surface area contributed by atoms with Crippen molar-refractivity contribution < 1.29 is 19.7 Å². The zero-order chi connectivity index (χ0) is 15.4. The lowest BCUT2D eigenvalue weighted by Crippen LogP contribution is -2.03. The number of hydrogen-bond acceptors (Lipinski definition) is 4. The molecule has 0 radical (unpaired) electrons. The Hall–Kier alpha value is -1.41. The van der Waals surface area contributed by atoms with Gasteiger partial charge in [0.05, 0.1) is 0 Å². The van der Waals surface area contributed by atoms with Crippen LogP contribution in [-0.2, 0) is 9.53 Å². The summed E-state index contributed by atoms with van der Waals surface area (Å²) < 4.78 is 4.18. The highest BCUT2D eigenvalue weighted by Gasteiger charge is 1.65. The van der Waals surface area contributed by atoms with Crippen LogP contribution < -0.4 is 11.5 Å². The van der Waals surface area contributed by atoms with Crippen LogP contribution in [0.1, 0.15) is 26.7 Å². The molecule has 8 heteroatoms. The van der Waals surface area contributed by atoms with Gasteiger partial charge in [0.2, 0.25) is 0 Å². The predicted octanol–water partition coefficient (Wildman–Crippen LogP) is 1.73. The van der Waals surface area contributed by atoms with Crippen molar-refractivity contribution in [2.75, 3.05) is 6.61 Å². The quantitative estimate of drug-likeness (QED) is 0.268. The molecule has 6 nitrogen and oxygen atoms in total. The molecule has 18 heavy (non-hydrogen) atoms. The molecule has 0 bridgehead atoms. The van der Waals surface area contributed by atoms with Gasteiger partial charge in [0.1, 0.15) is 6.61 Å². The van der Waals surface area contributed by atoms with Gasteiger partial charge in [0.15, 0.2) is 0 Å². The number of aliphatic hydroxyl groups is 2. The first kappa shape index (κ1) is 25.4. The number of carbonyl (C=O) groups is 1. The van der Waals surface area contributed by atoms with Gasteiger partial charge in [-0.2, -0.15) is 0 Å². The Kier molecular flexibility index (Phi) is 41.8. The largest absolute Gasteiger partial charge is 0.487 e. The average Bonchev–Trinajstić information content (AvgIpc) is 2.25. The van der Waals surface area contributed by atoms with E-state index in [0.29, 0.717) is 13.1 Å². The molecule has 0 rings (SSSR count). The van der Waals surface area contributed by atoms with Gasteiger partial charge < -0.3 is 26.4 Å². The molecule has 0 aromatic rings. The Morgan fingerprint density at radius 2 is 1.50 bits per heavy atom. The molecule has 0 aliphatic heterocycles. The molecular weight excluding hydrogens is 276 g/mol. The van der Waals surface area contributed by atoms with E-state index in [2.05, 4.69) is 61.1 Å². The lowest BCUT2D eigenvalue weighted by Gasteiger charge is -1.82. The lowest BCUT2D eigenvalue weighted by molar-refractivity contribution is -0.127. The highest BCUT2D eigenvalue weighted by atomic mass is 32.1. The molecule has 0 aromatic heterocycles. The number of aliphatic hydroxyl groups excluding tert-OH is 2. The SMILES string of the molecule is C=CCOC=O.CCCC.NC(O)=S.NC(O)=S. The van der Waals surface area contributed by atoms with Gasteiger partial charge >= 0.3 is 0 Å². The van der Waals surface area contributed by atoms with E-state index in [9.17, 15) is 4.79 Å². The maximum Gasteiger partial charge on any atom is 0.293 e. The summed E-state index contributed by atoms with van der Waals surface area (Å²) in [7, 11) is 0. The first-order valence-electron chi connectivity index (χ1n) is 4.92. The Balaban J connectivity index is -0.0000000742. The van der Waals surface area contributed by atoms with E-state index < -0.39 is 10.3 Å². The molecule has 0 heterocycles. The topological polar surface area (TPSA) is 119 Å². The number of ether oxygens (including phenoxy) is 1. The molecule has 0 aliphatic rings. The summed E-state index contributed by atoms with van der Waals surface area (Å²) in [5.74, 6) is 0. The van der Waals surface area contributed by atoms with Crippen molar-refractivity contribution >= 4 is 41.3 Å². The highest BCUT2D eigenvalue weighted by molar-refractivity contribution is 7.80. The number of rotatable bonds is 4. The summed E-state index contributed by atoms with van der Waals surface area (Å²) in [6, 6.07) is 0. The minimum Gasteiger partial charge on any atom is -0.487 e. The molecule has 0 aliphatic carbocycles. The minimum atomic E-state index is -0.500. The summed E-state index contributed by atoms with van der Waals surface area (Å²) >= 11 is 7.74.